The average molecular weight is 409 g/mol. The molecule has 9 nitrogen and oxygen atoms in total. The Labute approximate surface area is 169 Å². The Bertz CT molecular complexity index is 1100. The molecule has 0 saturated carbocycles. The molecule has 3 aromatic rings. The second kappa shape index (κ2) is 8.15. The lowest BCUT2D eigenvalue weighted by Crippen LogP contribution is -2.23. The van der Waals surface area contributed by atoms with Gasteiger partial charge in [-0.3, -0.25) is 10.1 Å². The van der Waals surface area contributed by atoms with E-state index in [2.05, 4.69) is 27.1 Å². The number of para-hydroxylation sites is 1. The summed E-state index contributed by atoms with van der Waals surface area (Å²) < 4.78 is 11.2. The van der Waals surface area contributed by atoms with Gasteiger partial charge >= 0.3 is 5.88 Å². The van der Waals surface area contributed by atoms with Gasteiger partial charge in [0.2, 0.25) is 11.0 Å². The predicted molar refractivity (Wildman–Crippen MR) is 109 cm³/mol. The van der Waals surface area contributed by atoms with Crippen molar-refractivity contribution in [3.63, 3.8) is 0 Å². The first-order valence-electron chi connectivity index (χ1n) is 8.57. The van der Waals surface area contributed by atoms with E-state index >= 15 is 0 Å². The van der Waals surface area contributed by atoms with Gasteiger partial charge < -0.3 is 14.5 Å². The smallest absolute Gasteiger partial charge is 0.433 e. The summed E-state index contributed by atoms with van der Waals surface area (Å²) in [7, 11) is 0. The van der Waals surface area contributed by atoms with Crippen molar-refractivity contribution in [3.05, 3.63) is 71.0 Å². The monoisotopic (exact) mass is 409 g/mol. The largest absolute Gasteiger partial charge is 0.448 e. The van der Waals surface area contributed by atoms with Crippen LogP contribution < -0.4 is 10.1 Å². The van der Waals surface area contributed by atoms with Gasteiger partial charge in [0.05, 0.1) is 6.07 Å². The molecule has 3 heterocycles. The minimum Gasteiger partial charge on any atom is -0.448 e. The molecule has 0 unspecified atom stereocenters. The van der Waals surface area contributed by atoms with Gasteiger partial charge in [-0.05, 0) is 24.3 Å². The zero-order chi connectivity index (χ0) is 20.2. The molecule has 10 heteroatoms. The molecular weight excluding hydrogens is 394 g/mol. The van der Waals surface area contributed by atoms with E-state index in [0.29, 0.717) is 28.2 Å². The Morgan fingerprint density at radius 2 is 2.14 bits per heavy atom. The van der Waals surface area contributed by atoms with Crippen LogP contribution in [-0.4, -0.2) is 32.1 Å². The fourth-order valence-electron chi connectivity index (χ4n) is 2.66. The quantitative estimate of drug-likeness (QED) is 0.277. The van der Waals surface area contributed by atoms with Gasteiger partial charge in [0.25, 0.3) is 0 Å². The second-order valence-electron chi connectivity index (χ2n) is 5.87. The van der Waals surface area contributed by atoms with Crippen molar-refractivity contribution >= 4 is 29.4 Å². The summed E-state index contributed by atoms with van der Waals surface area (Å²) in [5.74, 6) is 0.999. The number of nitrogens with zero attached hydrogens (tertiary/aromatic N) is 4. The highest BCUT2D eigenvalue weighted by Crippen LogP contribution is 2.36. The Balaban J connectivity index is 1.66. The number of hydrogen-bond acceptors (Lipinski definition) is 9. The molecule has 2 aromatic heterocycles. The third kappa shape index (κ3) is 4.11. The molecular formula is C19H15N5O4S. The van der Waals surface area contributed by atoms with Gasteiger partial charge in [-0.25, -0.2) is 0 Å². The van der Waals surface area contributed by atoms with Crippen LogP contribution in [0.2, 0.25) is 0 Å². The lowest BCUT2D eigenvalue weighted by atomic mass is 10.1. The van der Waals surface area contributed by atoms with Crippen molar-refractivity contribution in [2.45, 2.75) is 11.4 Å². The molecule has 0 bridgehead atoms. The maximum absolute atomic E-state index is 10.8. The predicted octanol–water partition coefficient (Wildman–Crippen LogP) is 4.16. The van der Waals surface area contributed by atoms with Crippen LogP contribution in [0.3, 0.4) is 0 Å². The number of hydrogen-bond donors (Lipinski definition) is 1. The zero-order valence-corrected chi connectivity index (χ0v) is 15.8. The normalized spacial score (nSPS) is 15.0. The summed E-state index contributed by atoms with van der Waals surface area (Å²) in [6, 6.07) is 10.4. The molecule has 146 valence electrons. The molecule has 29 heavy (non-hydrogen) atoms. The Morgan fingerprint density at radius 1 is 1.28 bits per heavy atom. The topological polar surface area (TPSA) is 116 Å². The lowest BCUT2D eigenvalue weighted by molar-refractivity contribution is -0.402. The Hall–Kier alpha value is -3.66. The van der Waals surface area contributed by atoms with Gasteiger partial charge in [-0.1, -0.05) is 36.0 Å². The van der Waals surface area contributed by atoms with Crippen LogP contribution >= 0.6 is 11.8 Å². The van der Waals surface area contributed by atoms with Crippen LogP contribution in [0.5, 0.6) is 5.88 Å². The van der Waals surface area contributed by atoms with Crippen molar-refractivity contribution in [1.82, 2.24) is 15.2 Å². The summed E-state index contributed by atoms with van der Waals surface area (Å²) >= 11 is 1.40. The number of anilines is 1. The standard InChI is InChI=1S/C19H15N5O4S/c1-2-11-29-19-21-18-17(22-23-19)13-5-3-4-6-14(13)20-15(28-18)9-7-12-8-10-16(27-12)24(25)26/h2-10,15,20H,1,11H2/b9-7+/t15-/m0/s1. The van der Waals surface area contributed by atoms with Crippen LogP contribution in [0.4, 0.5) is 11.6 Å². The maximum atomic E-state index is 10.8. The van der Waals surface area contributed by atoms with Crippen molar-refractivity contribution in [2.24, 2.45) is 0 Å². The number of furan rings is 1. The van der Waals surface area contributed by atoms with E-state index in [0.717, 1.165) is 11.3 Å². The average Bonchev–Trinajstić information content (AvgIpc) is 3.14. The van der Waals surface area contributed by atoms with Crippen LogP contribution in [0.1, 0.15) is 5.76 Å². The number of rotatable bonds is 6. The summed E-state index contributed by atoms with van der Waals surface area (Å²) in [6.07, 6.45) is 4.44. The number of benzene rings is 1. The molecule has 0 aliphatic carbocycles. The molecule has 4 rings (SSSR count). The summed E-state index contributed by atoms with van der Waals surface area (Å²) in [5, 5.41) is 23.0. The van der Waals surface area contributed by atoms with E-state index in [4.69, 9.17) is 9.15 Å². The number of nitro groups is 1. The van der Waals surface area contributed by atoms with Crippen LogP contribution in [-0.2, 0) is 0 Å². The van der Waals surface area contributed by atoms with E-state index in [-0.39, 0.29) is 5.88 Å². The van der Waals surface area contributed by atoms with Crippen LogP contribution in [0, 0.1) is 10.1 Å². The minimum absolute atomic E-state index is 0.323. The van der Waals surface area contributed by atoms with Crippen molar-refractivity contribution < 1.29 is 14.1 Å². The molecule has 0 fully saturated rings. The third-order valence-corrected chi connectivity index (χ3v) is 4.75. The summed E-state index contributed by atoms with van der Waals surface area (Å²) in [5.41, 5.74) is 2.14. The van der Waals surface area contributed by atoms with Crippen LogP contribution in [0.15, 0.2) is 64.7 Å². The van der Waals surface area contributed by atoms with E-state index < -0.39 is 11.2 Å². The molecule has 0 spiro atoms. The van der Waals surface area contributed by atoms with Crippen LogP contribution in [0.25, 0.3) is 17.3 Å². The summed E-state index contributed by atoms with van der Waals surface area (Å²) in [6.45, 7) is 3.69. The lowest BCUT2D eigenvalue weighted by Gasteiger charge is -2.15. The van der Waals surface area contributed by atoms with E-state index in [1.165, 1.54) is 23.9 Å². The fourth-order valence-corrected chi connectivity index (χ4v) is 3.17. The highest BCUT2D eigenvalue weighted by molar-refractivity contribution is 7.99. The van der Waals surface area contributed by atoms with Crippen molar-refractivity contribution in [2.75, 3.05) is 11.1 Å². The fraction of sp³-hybridized carbons (Fsp3) is 0.105. The van der Waals surface area contributed by atoms with Gasteiger partial charge in [-0.15, -0.1) is 16.8 Å². The highest BCUT2D eigenvalue weighted by Gasteiger charge is 2.23. The zero-order valence-electron chi connectivity index (χ0n) is 15.0. The first-order valence-corrected chi connectivity index (χ1v) is 9.56. The first kappa shape index (κ1) is 18.7. The molecule has 1 N–H and O–H groups in total. The van der Waals surface area contributed by atoms with Gasteiger partial charge in [0, 0.05) is 17.0 Å². The Morgan fingerprint density at radius 3 is 2.93 bits per heavy atom. The first-order chi connectivity index (χ1) is 14.1. The molecule has 0 radical (unpaired) electrons. The van der Waals surface area contributed by atoms with Crippen molar-refractivity contribution in [3.8, 4) is 17.1 Å². The number of ether oxygens (including phenoxy) is 1. The second-order valence-corrected chi connectivity index (χ2v) is 6.86. The number of fused-ring (bicyclic) bond motifs is 3. The molecule has 1 aliphatic heterocycles. The van der Waals surface area contributed by atoms with Gasteiger partial charge in [0.1, 0.15) is 10.7 Å². The van der Waals surface area contributed by atoms with E-state index in [9.17, 15) is 10.1 Å². The number of thioether (sulfide) groups is 1. The van der Waals surface area contributed by atoms with E-state index in [1.54, 1.807) is 18.2 Å². The van der Waals surface area contributed by atoms with E-state index in [1.807, 2.05) is 24.3 Å². The Kier molecular flexibility index (Phi) is 5.25. The molecule has 0 amide bonds. The molecule has 1 aliphatic rings. The molecule has 0 saturated heterocycles. The van der Waals surface area contributed by atoms with Crippen molar-refractivity contribution in [1.29, 1.82) is 0 Å². The van der Waals surface area contributed by atoms with Gasteiger partial charge in [-0.2, -0.15) is 4.98 Å². The number of nitrogens with one attached hydrogen (secondary N) is 1. The third-order valence-electron chi connectivity index (χ3n) is 3.91. The summed E-state index contributed by atoms with van der Waals surface area (Å²) in [4.78, 5) is 14.7. The molecule has 1 aromatic carbocycles. The van der Waals surface area contributed by atoms with Gasteiger partial charge in [0.15, 0.2) is 11.9 Å². The SMILES string of the molecule is C=CCSc1nnc2c(n1)O[C@@H](/C=C/c1ccc([N+](=O)[O-])o1)Nc1ccccc1-2. The molecule has 1 atom stereocenters. The maximum Gasteiger partial charge on any atom is 0.433 e. The minimum atomic E-state index is -0.601. The number of aromatic nitrogens is 3. The highest BCUT2D eigenvalue weighted by atomic mass is 32.2.